The minimum Gasteiger partial charge on any atom is -0.477 e. The fraction of sp³-hybridized carbons (Fsp3) is 0.357. The number of allylic oxidation sites excluding steroid dienone is 2. The highest BCUT2D eigenvalue weighted by Gasteiger charge is 2.55. The summed E-state index contributed by atoms with van der Waals surface area (Å²) in [7, 11) is -0.997. The maximum atomic E-state index is 12.6. The molecule has 0 aromatic carbocycles. The number of aliphatic hydroxyl groups is 1. The zero-order valence-electron chi connectivity index (χ0n) is 12.2. The summed E-state index contributed by atoms with van der Waals surface area (Å²) in [6.45, 7) is 1.04. The number of nitrogens with zero attached hydrogens (tertiary/aromatic N) is 1. The van der Waals surface area contributed by atoms with Gasteiger partial charge in [0.15, 0.2) is 0 Å². The lowest BCUT2D eigenvalue weighted by Gasteiger charge is -2.52. The lowest BCUT2D eigenvalue weighted by atomic mass is 10.1. The summed E-state index contributed by atoms with van der Waals surface area (Å²) in [5.41, 5.74) is 0.263. The van der Waals surface area contributed by atoms with E-state index in [-0.39, 0.29) is 34.7 Å². The van der Waals surface area contributed by atoms with Crippen LogP contribution >= 0.6 is 22.7 Å². The predicted octanol–water partition coefficient (Wildman–Crippen LogP) is 0.107. The van der Waals surface area contributed by atoms with Gasteiger partial charge in [0.25, 0.3) is 0 Å². The SMILES string of the molecule is CC(=O)NC1=CC=C[SH]1[C@@H]1C(=O)N2C(C(=O)O)=C(CO)CSC12. The number of carbonyl (C=O) groups is 3. The topological polar surface area (TPSA) is 107 Å². The number of hydrogen-bond acceptors (Lipinski definition) is 5. The summed E-state index contributed by atoms with van der Waals surface area (Å²) in [5.74, 6) is -1.27. The van der Waals surface area contributed by atoms with Crippen LogP contribution in [0.3, 0.4) is 0 Å². The van der Waals surface area contributed by atoms with Gasteiger partial charge in [0.1, 0.15) is 16.3 Å². The summed E-state index contributed by atoms with van der Waals surface area (Å²) >= 11 is 1.45. The number of nitrogens with one attached hydrogen (secondary N) is 1. The van der Waals surface area contributed by atoms with Gasteiger partial charge in [-0.1, -0.05) is 6.08 Å². The summed E-state index contributed by atoms with van der Waals surface area (Å²) in [6.07, 6.45) is 3.59. The molecule has 0 radical (unpaired) electrons. The van der Waals surface area contributed by atoms with Gasteiger partial charge in [-0.2, -0.15) is 10.9 Å². The van der Waals surface area contributed by atoms with Crippen LogP contribution in [0.5, 0.6) is 0 Å². The molecule has 0 aromatic heterocycles. The Morgan fingerprint density at radius 2 is 2.26 bits per heavy atom. The second-order valence-corrected chi connectivity index (χ2v) is 8.51. The summed E-state index contributed by atoms with van der Waals surface area (Å²) in [5, 5.41) is 23.4. The first-order valence-electron chi connectivity index (χ1n) is 6.91. The molecule has 3 aliphatic rings. The molecule has 0 spiro atoms. The van der Waals surface area contributed by atoms with Crippen molar-refractivity contribution in [2.24, 2.45) is 0 Å². The Hall–Kier alpha value is -1.71. The van der Waals surface area contributed by atoms with Crippen LogP contribution in [0.15, 0.2) is 33.9 Å². The smallest absolute Gasteiger partial charge is 0.352 e. The van der Waals surface area contributed by atoms with Gasteiger partial charge in [-0.15, -0.1) is 11.8 Å². The van der Waals surface area contributed by atoms with Gasteiger partial charge in [-0.3, -0.25) is 14.5 Å². The number of rotatable bonds is 4. The van der Waals surface area contributed by atoms with Crippen LogP contribution in [-0.2, 0) is 14.4 Å². The molecule has 0 aliphatic carbocycles. The number of hydrogen-bond donors (Lipinski definition) is 4. The summed E-state index contributed by atoms with van der Waals surface area (Å²) < 4.78 is 0. The molecule has 23 heavy (non-hydrogen) atoms. The Balaban J connectivity index is 1.85. The average molecular weight is 356 g/mol. The van der Waals surface area contributed by atoms with Crippen molar-refractivity contribution in [3.63, 3.8) is 0 Å². The van der Waals surface area contributed by atoms with E-state index in [1.807, 2.05) is 11.5 Å². The lowest BCUT2D eigenvalue weighted by molar-refractivity contribution is -0.145. The van der Waals surface area contributed by atoms with Gasteiger partial charge < -0.3 is 15.5 Å². The summed E-state index contributed by atoms with van der Waals surface area (Å²) in [6, 6.07) is 0. The first-order valence-corrected chi connectivity index (χ1v) is 9.44. The van der Waals surface area contributed by atoms with Crippen molar-refractivity contribution in [3.8, 4) is 0 Å². The van der Waals surface area contributed by atoms with Crippen LogP contribution in [0.4, 0.5) is 0 Å². The van der Waals surface area contributed by atoms with E-state index in [1.54, 1.807) is 6.08 Å². The number of fused-ring (bicyclic) bond motifs is 1. The van der Waals surface area contributed by atoms with E-state index in [2.05, 4.69) is 5.32 Å². The highest BCUT2D eigenvalue weighted by Crippen LogP contribution is 2.55. The minimum absolute atomic E-state index is 0.0965. The molecule has 9 heteroatoms. The largest absolute Gasteiger partial charge is 0.477 e. The van der Waals surface area contributed by atoms with Crippen molar-refractivity contribution in [1.29, 1.82) is 0 Å². The van der Waals surface area contributed by atoms with Gasteiger partial charge >= 0.3 is 5.97 Å². The number of amides is 2. The quantitative estimate of drug-likeness (QED) is 0.421. The predicted molar refractivity (Wildman–Crippen MR) is 88.7 cm³/mol. The first kappa shape index (κ1) is 16.2. The van der Waals surface area contributed by atoms with Gasteiger partial charge in [0.2, 0.25) is 11.8 Å². The molecule has 3 atom stereocenters. The van der Waals surface area contributed by atoms with Gasteiger partial charge in [0, 0.05) is 12.7 Å². The van der Waals surface area contributed by atoms with Crippen molar-refractivity contribution >= 4 is 40.4 Å². The van der Waals surface area contributed by atoms with E-state index < -0.39 is 16.9 Å². The van der Waals surface area contributed by atoms with Gasteiger partial charge in [-0.25, -0.2) is 4.79 Å². The standard InChI is InChI=1S/C14H16N2O5S2/c1-7(18)15-9-3-2-4-23(9)11-12(19)16-10(14(20)21)8(5-17)6-22-13(11)16/h2-4,11,13,17,23H,5-6H2,1H3,(H,15,18)(H,20,21)/t11-,13?/m1/s1. The maximum Gasteiger partial charge on any atom is 0.352 e. The number of carboxylic acid groups (broad SMARTS) is 1. The number of thioether (sulfide) groups is 1. The Morgan fingerprint density at radius 1 is 1.52 bits per heavy atom. The third-order valence-corrected chi connectivity index (χ3v) is 7.75. The van der Waals surface area contributed by atoms with E-state index in [0.717, 1.165) is 5.03 Å². The average Bonchev–Trinajstić information content (AvgIpc) is 2.92. The van der Waals surface area contributed by atoms with E-state index in [9.17, 15) is 24.6 Å². The van der Waals surface area contributed by atoms with Crippen LogP contribution in [0.1, 0.15) is 6.92 Å². The fourth-order valence-corrected chi connectivity index (χ4v) is 6.97. The second kappa shape index (κ2) is 6.06. The van der Waals surface area contributed by atoms with Crippen LogP contribution in [0.25, 0.3) is 0 Å². The van der Waals surface area contributed by atoms with Crippen LogP contribution in [0, 0.1) is 0 Å². The molecule has 124 valence electrons. The van der Waals surface area contributed by atoms with Crippen molar-refractivity contribution in [3.05, 3.63) is 33.9 Å². The third kappa shape index (κ3) is 2.58. The molecule has 0 bridgehead atoms. The van der Waals surface area contributed by atoms with Gasteiger partial charge in [-0.05, 0) is 17.1 Å². The van der Waals surface area contributed by atoms with E-state index >= 15 is 0 Å². The number of carboxylic acids is 1. The normalized spacial score (nSPS) is 30.7. The van der Waals surface area contributed by atoms with Crippen molar-refractivity contribution in [1.82, 2.24) is 10.2 Å². The molecule has 0 aromatic rings. The molecule has 7 nitrogen and oxygen atoms in total. The first-order chi connectivity index (χ1) is 11.0. The number of thiol groups is 1. The second-order valence-electron chi connectivity index (χ2n) is 5.25. The molecule has 3 aliphatic heterocycles. The third-order valence-electron chi connectivity index (χ3n) is 3.80. The summed E-state index contributed by atoms with van der Waals surface area (Å²) in [4.78, 5) is 36.6. The molecular formula is C14H16N2O5S2. The Morgan fingerprint density at radius 3 is 2.87 bits per heavy atom. The highest BCUT2D eigenvalue weighted by atomic mass is 32.2. The van der Waals surface area contributed by atoms with Crippen molar-refractivity contribution in [2.45, 2.75) is 17.5 Å². The Bertz CT molecular complexity index is 685. The molecule has 3 heterocycles. The van der Waals surface area contributed by atoms with Crippen LogP contribution < -0.4 is 5.32 Å². The monoisotopic (exact) mass is 356 g/mol. The molecule has 1 saturated heterocycles. The molecule has 2 amide bonds. The van der Waals surface area contributed by atoms with Crippen molar-refractivity contribution < 1.29 is 24.6 Å². The molecular weight excluding hydrogens is 340 g/mol. The highest BCUT2D eigenvalue weighted by molar-refractivity contribution is 8.24. The molecule has 0 saturated carbocycles. The molecule has 1 fully saturated rings. The number of carbonyl (C=O) groups excluding carboxylic acids is 2. The van der Waals surface area contributed by atoms with Crippen LogP contribution in [-0.4, -0.2) is 55.9 Å². The Kier molecular flexibility index (Phi) is 4.26. The zero-order valence-corrected chi connectivity index (χ0v) is 13.9. The number of aliphatic hydroxyl groups excluding tert-OH is 1. The van der Waals surface area contributed by atoms with Crippen molar-refractivity contribution in [2.75, 3.05) is 12.4 Å². The fourth-order valence-electron chi connectivity index (χ4n) is 2.83. The number of β-lactam (4-membered cyclic amide) rings is 1. The molecule has 3 rings (SSSR count). The molecule has 3 N–H and O–H groups in total. The molecule has 2 unspecified atom stereocenters. The lowest BCUT2D eigenvalue weighted by Crippen LogP contribution is -2.64. The van der Waals surface area contributed by atoms with E-state index in [4.69, 9.17) is 0 Å². The Labute approximate surface area is 139 Å². The van der Waals surface area contributed by atoms with Gasteiger partial charge in [0.05, 0.1) is 11.6 Å². The maximum absolute atomic E-state index is 12.6. The van der Waals surface area contributed by atoms with E-state index in [1.165, 1.54) is 23.6 Å². The minimum atomic E-state index is -1.20. The number of aliphatic carboxylic acids is 1. The zero-order chi connectivity index (χ0) is 16.7. The van der Waals surface area contributed by atoms with Crippen LogP contribution in [0.2, 0.25) is 0 Å². The van der Waals surface area contributed by atoms with E-state index in [0.29, 0.717) is 11.3 Å².